The smallest absolute Gasteiger partial charge is 0.157 e. The van der Waals surface area contributed by atoms with Crippen LogP contribution in [-0.2, 0) is 0 Å². The van der Waals surface area contributed by atoms with E-state index in [-0.39, 0.29) is 17.0 Å². The lowest BCUT2D eigenvalue weighted by atomic mass is 10.5. The van der Waals surface area contributed by atoms with Gasteiger partial charge in [-0.1, -0.05) is 12.5 Å². The summed E-state index contributed by atoms with van der Waals surface area (Å²) >= 11 is 0.332. The van der Waals surface area contributed by atoms with Gasteiger partial charge in [-0.05, 0) is 0 Å². The number of hydrogen-bond donors (Lipinski definition) is 0. The molecule has 0 N–H and O–H groups in total. The molecule has 0 aliphatic carbocycles. The molecule has 0 nitrogen and oxygen atoms in total. The Hall–Kier alpha value is 0.986. The lowest BCUT2D eigenvalue weighted by Crippen LogP contribution is -1.74. The third kappa shape index (κ3) is 10.9. The van der Waals surface area contributed by atoms with Gasteiger partial charge in [0.25, 0.3) is 0 Å². The van der Waals surface area contributed by atoms with Crippen molar-refractivity contribution in [3.8, 4) is 0 Å². The van der Waals surface area contributed by atoms with Gasteiger partial charge in [0, 0.05) is 0 Å². The van der Waals surface area contributed by atoms with Crippen molar-refractivity contribution in [2.24, 2.45) is 0 Å². The SMILES string of the molecule is Br.C=CC[CH2][Mg][CH3]. The summed E-state index contributed by atoms with van der Waals surface area (Å²) in [6, 6.07) is 0. The maximum absolute atomic E-state index is 3.62. The summed E-state index contributed by atoms with van der Waals surface area (Å²) in [7, 11) is 0. The minimum atomic E-state index is 0. The quantitative estimate of drug-likeness (QED) is 0.351. The molecule has 0 saturated carbocycles. The molecule has 0 aromatic rings. The van der Waals surface area contributed by atoms with Gasteiger partial charge < -0.3 is 0 Å². The van der Waals surface area contributed by atoms with Gasteiger partial charge >= 0.3 is 20.4 Å². The molecular formula is C5H11BrMg. The Morgan fingerprint density at radius 3 is 2.43 bits per heavy atom. The molecule has 0 amide bonds. The highest BCUT2D eigenvalue weighted by molar-refractivity contribution is 8.93. The highest BCUT2D eigenvalue weighted by atomic mass is 79.9. The second-order valence-corrected chi connectivity index (χ2v) is 3.14. The Labute approximate surface area is 65.9 Å². The van der Waals surface area contributed by atoms with Crippen molar-refractivity contribution in [1.82, 2.24) is 0 Å². The fraction of sp³-hybridized carbons (Fsp3) is 0.600. The zero-order valence-corrected chi connectivity index (χ0v) is 7.94. The average molecular weight is 175 g/mol. The normalized spacial score (nSPS) is 5.86. The number of rotatable bonds is 3. The van der Waals surface area contributed by atoms with Gasteiger partial charge in [-0.2, -0.15) is 5.05 Å². The highest BCUT2D eigenvalue weighted by Crippen LogP contribution is 1.85. The van der Waals surface area contributed by atoms with E-state index < -0.39 is 0 Å². The number of allylic oxidation sites excluding steroid dienone is 1. The molecule has 0 bridgehead atoms. The van der Waals surface area contributed by atoms with Crippen molar-refractivity contribution in [3.05, 3.63) is 12.7 Å². The Morgan fingerprint density at radius 1 is 1.71 bits per heavy atom. The van der Waals surface area contributed by atoms with Crippen molar-refractivity contribution in [2.75, 3.05) is 0 Å². The Bertz CT molecular complexity index is 37.1. The molecule has 7 heavy (non-hydrogen) atoms. The van der Waals surface area contributed by atoms with E-state index in [0.717, 1.165) is 0 Å². The van der Waals surface area contributed by atoms with Gasteiger partial charge in [-0.25, -0.2) is 0 Å². The van der Waals surface area contributed by atoms with Crippen molar-refractivity contribution >= 4 is 37.3 Å². The molecule has 0 aromatic heterocycles. The first-order chi connectivity index (χ1) is 2.91. The summed E-state index contributed by atoms with van der Waals surface area (Å²) in [5.74, 6) is 0. The van der Waals surface area contributed by atoms with Crippen LogP contribution in [0.5, 0.6) is 0 Å². The standard InChI is InChI=1S/C4H7.CH3.BrH.Mg/c1-3-4-2;;;/h3H,1-2,4H2;1H3;1H;. The van der Waals surface area contributed by atoms with Crippen molar-refractivity contribution in [3.63, 3.8) is 0 Å². The van der Waals surface area contributed by atoms with Crippen LogP contribution in [0.4, 0.5) is 0 Å². The molecule has 0 aliphatic rings. The molecule has 0 radical (unpaired) electrons. The molecule has 0 saturated heterocycles. The van der Waals surface area contributed by atoms with E-state index in [1.54, 1.807) is 0 Å². The zero-order valence-electron chi connectivity index (χ0n) is 4.81. The molecule has 0 spiro atoms. The van der Waals surface area contributed by atoms with Crippen LogP contribution < -0.4 is 0 Å². The fourth-order valence-corrected chi connectivity index (χ4v) is 1.05. The first kappa shape index (κ1) is 10.9. The van der Waals surface area contributed by atoms with Gasteiger partial charge in [-0.3, -0.25) is 0 Å². The van der Waals surface area contributed by atoms with Gasteiger partial charge in [0.1, 0.15) is 0 Å². The summed E-state index contributed by atoms with van der Waals surface area (Å²) in [6.07, 6.45) is 3.24. The van der Waals surface area contributed by atoms with Gasteiger partial charge in [0.05, 0.1) is 0 Å². The summed E-state index contributed by atoms with van der Waals surface area (Å²) in [6.45, 7) is 3.62. The largest absolute Gasteiger partial charge is 0.360 e. The molecule has 40 valence electrons. The minimum Gasteiger partial charge on any atom is -0.157 e. The average Bonchev–Trinajstić information content (AvgIpc) is 1.61. The van der Waals surface area contributed by atoms with Gasteiger partial charge in [0.2, 0.25) is 0 Å². The van der Waals surface area contributed by atoms with Crippen molar-refractivity contribution in [1.29, 1.82) is 0 Å². The van der Waals surface area contributed by atoms with Crippen LogP contribution >= 0.6 is 17.0 Å². The minimum absolute atomic E-state index is 0. The Morgan fingerprint density at radius 2 is 2.29 bits per heavy atom. The number of hydrogen-bond acceptors (Lipinski definition) is 0. The molecule has 0 rings (SSSR count). The molecule has 0 unspecified atom stereocenters. The van der Waals surface area contributed by atoms with E-state index in [1.165, 1.54) is 11.0 Å². The lowest BCUT2D eigenvalue weighted by Gasteiger charge is -1.78. The van der Waals surface area contributed by atoms with E-state index >= 15 is 0 Å². The molecule has 0 fully saturated rings. The van der Waals surface area contributed by atoms with Gasteiger partial charge in [0.15, 0.2) is 0 Å². The molecular weight excluding hydrogens is 164 g/mol. The van der Waals surface area contributed by atoms with Crippen LogP contribution in [0.3, 0.4) is 0 Å². The second-order valence-electron chi connectivity index (χ2n) is 1.43. The Balaban J connectivity index is 0. The van der Waals surface area contributed by atoms with Crippen LogP contribution in [0.25, 0.3) is 0 Å². The van der Waals surface area contributed by atoms with E-state index in [4.69, 9.17) is 0 Å². The molecule has 0 aromatic carbocycles. The summed E-state index contributed by atoms with van der Waals surface area (Å²) < 4.78 is 1.43. The van der Waals surface area contributed by atoms with Gasteiger partial charge in [-0.15, -0.1) is 28.1 Å². The van der Waals surface area contributed by atoms with E-state index in [0.29, 0.717) is 20.4 Å². The van der Waals surface area contributed by atoms with Crippen molar-refractivity contribution < 1.29 is 0 Å². The molecule has 0 aliphatic heterocycles. The predicted molar refractivity (Wildman–Crippen MR) is 41.6 cm³/mol. The summed E-state index contributed by atoms with van der Waals surface area (Å²) in [5, 5.41) is 2.32. The predicted octanol–water partition coefficient (Wildman–Crippen LogP) is 2.31. The Kier molecular flexibility index (Phi) is 15.6. The summed E-state index contributed by atoms with van der Waals surface area (Å²) in [4.78, 5) is 0. The van der Waals surface area contributed by atoms with E-state index in [2.05, 4.69) is 11.6 Å². The maximum Gasteiger partial charge on any atom is 0.360 e. The topological polar surface area (TPSA) is 0 Å². The fourth-order valence-electron chi connectivity index (χ4n) is 0.348. The van der Waals surface area contributed by atoms with Crippen molar-refractivity contribution in [2.45, 2.75) is 16.0 Å². The van der Waals surface area contributed by atoms with E-state index in [1.807, 2.05) is 6.08 Å². The van der Waals surface area contributed by atoms with E-state index in [9.17, 15) is 0 Å². The van der Waals surface area contributed by atoms with Crippen LogP contribution in [-0.4, -0.2) is 20.4 Å². The van der Waals surface area contributed by atoms with Crippen LogP contribution in [0.2, 0.25) is 9.60 Å². The first-order valence-corrected chi connectivity index (χ1v) is 4.94. The third-order valence-corrected chi connectivity index (χ3v) is 1.88. The number of halogens is 1. The third-order valence-electron chi connectivity index (χ3n) is 0.762. The molecule has 0 atom stereocenters. The first-order valence-electron chi connectivity index (χ1n) is 2.52. The summed E-state index contributed by atoms with van der Waals surface area (Å²) in [5.41, 5.74) is 0. The van der Waals surface area contributed by atoms with Crippen LogP contribution in [0.1, 0.15) is 6.42 Å². The maximum atomic E-state index is 3.62. The molecule has 2 heteroatoms. The highest BCUT2D eigenvalue weighted by Gasteiger charge is 1.78. The zero-order chi connectivity index (χ0) is 4.83. The van der Waals surface area contributed by atoms with Crippen LogP contribution in [0.15, 0.2) is 12.7 Å². The monoisotopic (exact) mass is 174 g/mol. The second kappa shape index (κ2) is 10.1. The lowest BCUT2D eigenvalue weighted by molar-refractivity contribution is 1.21. The van der Waals surface area contributed by atoms with Crippen LogP contribution in [0, 0.1) is 0 Å². The molecule has 0 heterocycles.